The third-order valence-corrected chi connectivity index (χ3v) is 7.17. The summed E-state index contributed by atoms with van der Waals surface area (Å²) in [6.07, 6.45) is 3.25. The van der Waals surface area contributed by atoms with E-state index >= 15 is 0 Å². The number of benzene rings is 1. The van der Waals surface area contributed by atoms with Gasteiger partial charge < -0.3 is 4.90 Å². The van der Waals surface area contributed by atoms with Crippen molar-refractivity contribution in [2.24, 2.45) is 5.92 Å². The van der Waals surface area contributed by atoms with Gasteiger partial charge in [0.15, 0.2) is 0 Å². The number of likely N-dealkylation sites (tertiary alicyclic amines) is 1. The maximum atomic E-state index is 12.8. The van der Waals surface area contributed by atoms with Gasteiger partial charge in [-0.3, -0.25) is 0 Å². The van der Waals surface area contributed by atoms with Gasteiger partial charge in [-0.2, -0.15) is 4.31 Å². The molecule has 2 fully saturated rings. The number of piperidine rings is 2. The van der Waals surface area contributed by atoms with Gasteiger partial charge in [-0.05, 0) is 63.0 Å². The molecule has 0 bridgehead atoms. The average molecular weight is 373 g/mol. The third kappa shape index (κ3) is 3.04. The summed E-state index contributed by atoms with van der Waals surface area (Å²) in [5.41, 5.74) is 0. The molecule has 6 heteroatoms. The molecule has 4 nitrogen and oxygen atoms in total. The number of hydrogen-bond donors (Lipinski definition) is 0. The van der Waals surface area contributed by atoms with E-state index in [1.54, 1.807) is 28.6 Å². The molecule has 0 N–H and O–H groups in total. The Balaban J connectivity index is 1.79. The SMILES string of the molecule is CN1CCCC2CN(S(=O)(=O)c3ccc(Br)cc3)CCC21. The van der Waals surface area contributed by atoms with Crippen molar-refractivity contribution < 1.29 is 8.42 Å². The molecule has 0 radical (unpaired) electrons. The molecule has 2 heterocycles. The zero-order chi connectivity index (χ0) is 15.0. The van der Waals surface area contributed by atoms with Crippen molar-refractivity contribution >= 4 is 26.0 Å². The molecule has 2 aliphatic rings. The van der Waals surface area contributed by atoms with Gasteiger partial charge in [0.1, 0.15) is 0 Å². The van der Waals surface area contributed by atoms with E-state index in [0.29, 0.717) is 29.9 Å². The minimum absolute atomic E-state index is 0.397. The fraction of sp³-hybridized carbons (Fsp3) is 0.600. The predicted molar refractivity (Wildman–Crippen MR) is 86.7 cm³/mol. The lowest BCUT2D eigenvalue weighted by Gasteiger charge is -2.45. The van der Waals surface area contributed by atoms with Crippen molar-refractivity contribution in [1.82, 2.24) is 9.21 Å². The van der Waals surface area contributed by atoms with E-state index in [2.05, 4.69) is 27.9 Å². The van der Waals surface area contributed by atoms with Crippen LogP contribution < -0.4 is 0 Å². The summed E-state index contributed by atoms with van der Waals surface area (Å²) in [6, 6.07) is 7.48. The quantitative estimate of drug-likeness (QED) is 0.800. The van der Waals surface area contributed by atoms with E-state index in [0.717, 1.165) is 23.9 Å². The zero-order valence-electron chi connectivity index (χ0n) is 12.2. The number of nitrogens with zero attached hydrogens (tertiary/aromatic N) is 2. The summed E-state index contributed by atoms with van der Waals surface area (Å²) in [7, 11) is -1.19. The van der Waals surface area contributed by atoms with Crippen LogP contribution in [0.4, 0.5) is 0 Å². The highest BCUT2D eigenvalue weighted by Gasteiger charge is 2.38. The summed E-state index contributed by atoms with van der Waals surface area (Å²) < 4.78 is 28.1. The molecule has 0 spiro atoms. The van der Waals surface area contributed by atoms with Crippen LogP contribution in [0, 0.1) is 5.92 Å². The van der Waals surface area contributed by atoms with Gasteiger partial charge >= 0.3 is 0 Å². The lowest BCUT2D eigenvalue weighted by Crippen LogP contribution is -2.53. The van der Waals surface area contributed by atoms with Crippen LogP contribution in [0.5, 0.6) is 0 Å². The highest BCUT2D eigenvalue weighted by molar-refractivity contribution is 9.10. The van der Waals surface area contributed by atoms with E-state index in [-0.39, 0.29) is 0 Å². The van der Waals surface area contributed by atoms with Crippen LogP contribution in [-0.2, 0) is 10.0 Å². The number of rotatable bonds is 2. The van der Waals surface area contributed by atoms with Crippen molar-refractivity contribution in [3.05, 3.63) is 28.7 Å². The van der Waals surface area contributed by atoms with Gasteiger partial charge in [0.25, 0.3) is 0 Å². The molecular weight excluding hydrogens is 352 g/mol. The van der Waals surface area contributed by atoms with Crippen LogP contribution in [0.25, 0.3) is 0 Å². The Labute approximate surface area is 135 Å². The van der Waals surface area contributed by atoms with Crippen molar-refractivity contribution in [3.8, 4) is 0 Å². The van der Waals surface area contributed by atoms with Crippen molar-refractivity contribution in [2.75, 3.05) is 26.7 Å². The number of halogens is 1. The van der Waals surface area contributed by atoms with Gasteiger partial charge in [0, 0.05) is 23.6 Å². The first kappa shape index (κ1) is 15.5. The largest absolute Gasteiger partial charge is 0.303 e. The Morgan fingerprint density at radius 1 is 1.14 bits per heavy atom. The number of fused-ring (bicyclic) bond motifs is 1. The second-order valence-corrected chi connectivity index (χ2v) is 8.91. The Kier molecular flexibility index (Phi) is 4.41. The van der Waals surface area contributed by atoms with Gasteiger partial charge in [-0.1, -0.05) is 15.9 Å². The van der Waals surface area contributed by atoms with Gasteiger partial charge in [-0.25, -0.2) is 8.42 Å². The fourth-order valence-electron chi connectivity index (χ4n) is 3.59. The molecule has 1 aromatic rings. The van der Waals surface area contributed by atoms with Gasteiger partial charge in [-0.15, -0.1) is 0 Å². The second kappa shape index (κ2) is 5.99. The van der Waals surface area contributed by atoms with E-state index in [4.69, 9.17) is 0 Å². The van der Waals surface area contributed by atoms with Crippen molar-refractivity contribution in [3.63, 3.8) is 0 Å². The van der Waals surface area contributed by atoms with E-state index < -0.39 is 10.0 Å². The van der Waals surface area contributed by atoms with Crippen molar-refractivity contribution in [2.45, 2.75) is 30.2 Å². The maximum Gasteiger partial charge on any atom is 0.243 e. The van der Waals surface area contributed by atoms with E-state index in [9.17, 15) is 8.42 Å². The molecule has 2 unspecified atom stereocenters. The molecule has 0 saturated carbocycles. The van der Waals surface area contributed by atoms with Crippen LogP contribution in [0.1, 0.15) is 19.3 Å². The van der Waals surface area contributed by atoms with Gasteiger partial charge in [0.05, 0.1) is 4.90 Å². The third-order valence-electron chi connectivity index (χ3n) is 4.76. The Bertz CT molecular complexity index is 603. The average Bonchev–Trinajstić information content (AvgIpc) is 2.47. The molecule has 2 atom stereocenters. The summed E-state index contributed by atoms with van der Waals surface area (Å²) in [4.78, 5) is 2.80. The molecule has 2 aliphatic heterocycles. The molecule has 3 rings (SSSR count). The molecule has 2 saturated heterocycles. The Morgan fingerprint density at radius 2 is 1.86 bits per heavy atom. The monoisotopic (exact) mass is 372 g/mol. The van der Waals surface area contributed by atoms with E-state index in [1.165, 1.54) is 6.42 Å². The molecule has 0 amide bonds. The Hall–Kier alpha value is -0.430. The minimum atomic E-state index is -3.35. The van der Waals surface area contributed by atoms with Crippen LogP contribution in [0.2, 0.25) is 0 Å². The first-order chi connectivity index (χ1) is 9.98. The molecule has 116 valence electrons. The summed E-state index contributed by atoms with van der Waals surface area (Å²) >= 11 is 3.35. The predicted octanol–water partition coefficient (Wildman–Crippen LogP) is 2.55. The summed E-state index contributed by atoms with van der Waals surface area (Å²) in [6.45, 7) is 2.43. The summed E-state index contributed by atoms with van der Waals surface area (Å²) in [5.74, 6) is 0.475. The highest BCUT2D eigenvalue weighted by atomic mass is 79.9. The highest BCUT2D eigenvalue weighted by Crippen LogP contribution is 2.32. The Morgan fingerprint density at radius 3 is 2.57 bits per heavy atom. The molecule has 1 aromatic carbocycles. The van der Waals surface area contributed by atoms with Crippen LogP contribution >= 0.6 is 15.9 Å². The molecule has 0 aromatic heterocycles. The smallest absolute Gasteiger partial charge is 0.243 e. The number of hydrogen-bond acceptors (Lipinski definition) is 3. The fourth-order valence-corrected chi connectivity index (χ4v) is 5.37. The van der Waals surface area contributed by atoms with E-state index in [1.807, 2.05) is 0 Å². The lowest BCUT2D eigenvalue weighted by atomic mass is 9.85. The van der Waals surface area contributed by atoms with Gasteiger partial charge in [0.2, 0.25) is 10.0 Å². The molecule has 21 heavy (non-hydrogen) atoms. The second-order valence-electron chi connectivity index (χ2n) is 6.06. The number of sulfonamides is 1. The lowest BCUT2D eigenvalue weighted by molar-refractivity contribution is 0.0671. The normalized spacial score (nSPS) is 28.3. The van der Waals surface area contributed by atoms with Crippen molar-refractivity contribution in [1.29, 1.82) is 0 Å². The van der Waals surface area contributed by atoms with Crippen LogP contribution in [0.3, 0.4) is 0 Å². The maximum absolute atomic E-state index is 12.8. The van der Waals surface area contributed by atoms with Crippen LogP contribution in [0.15, 0.2) is 33.6 Å². The topological polar surface area (TPSA) is 40.6 Å². The summed E-state index contributed by atoms with van der Waals surface area (Å²) in [5, 5.41) is 0. The van der Waals surface area contributed by atoms with Crippen LogP contribution in [-0.4, -0.2) is 50.3 Å². The first-order valence-electron chi connectivity index (χ1n) is 7.44. The molecular formula is C15H21BrN2O2S. The standard InChI is InChI=1S/C15H21BrN2O2S/c1-17-9-2-3-12-11-18(10-8-15(12)17)21(19,20)14-6-4-13(16)5-7-14/h4-7,12,15H,2-3,8-11H2,1H3. The minimum Gasteiger partial charge on any atom is -0.303 e. The first-order valence-corrected chi connectivity index (χ1v) is 9.68. The molecule has 0 aliphatic carbocycles. The zero-order valence-corrected chi connectivity index (χ0v) is 14.6.